The molecule has 0 bridgehead atoms. The smallest absolute Gasteiger partial charge is 0.331 e. The number of carbonyl (C=O) groups is 2. The van der Waals surface area contributed by atoms with Crippen LogP contribution in [0.15, 0.2) is 60.7 Å². The molecule has 1 aliphatic rings. The summed E-state index contributed by atoms with van der Waals surface area (Å²) < 4.78 is 10.8. The molecule has 1 aliphatic heterocycles. The second-order valence-electron chi connectivity index (χ2n) is 6.05. The summed E-state index contributed by atoms with van der Waals surface area (Å²) in [4.78, 5) is 26.9. The molecule has 6 heteroatoms. The molecule has 1 saturated heterocycles. The van der Waals surface area contributed by atoms with Crippen molar-refractivity contribution in [1.29, 1.82) is 0 Å². The van der Waals surface area contributed by atoms with E-state index in [2.05, 4.69) is 0 Å². The van der Waals surface area contributed by atoms with Crippen molar-refractivity contribution in [1.82, 2.24) is 4.90 Å². The van der Waals surface area contributed by atoms with E-state index in [1.807, 2.05) is 18.2 Å². The summed E-state index contributed by atoms with van der Waals surface area (Å²) in [6, 6.07) is 16.1. The second-order valence-corrected chi connectivity index (χ2v) is 6.49. The summed E-state index contributed by atoms with van der Waals surface area (Å²) >= 11 is 5.85. The Morgan fingerprint density at radius 2 is 1.70 bits per heavy atom. The monoisotopic (exact) mass is 385 g/mol. The maximum absolute atomic E-state index is 12.9. The summed E-state index contributed by atoms with van der Waals surface area (Å²) in [5.41, 5.74) is 1.45. The van der Waals surface area contributed by atoms with Crippen LogP contribution in [0.4, 0.5) is 0 Å². The first kappa shape index (κ1) is 19.1. The SMILES string of the molecule is O=C(/C=C/c1ccc(Cl)cc1)O[C@@H](C(=O)N1CCOCC1)c1ccccc1. The molecule has 0 saturated carbocycles. The Kier molecular flexibility index (Phi) is 6.63. The molecule has 0 aromatic heterocycles. The molecule has 2 aromatic rings. The van der Waals surface area contributed by atoms with Crippen molar-refractivity contribution in [2.75, 3.05) is 26.3 Å². The van der Waals surface area contributed by atoms with Gasteiger partial charge in [0.15, 0.2) is 0 Å². The highest BCUT2D eigenvalue weighted by molar-refractivity contribution is 6.30. The molecule has 1 heterocycles. The van der Waals surface area contributed by atoms with E-state index >= 15 is 0 Å². The predicted octanol–water partition coefficient (Wildman–Crippen LogP) is 3.50. The zero-order valence-electron chi connectivity index (χ0n) is 14.7. The van der Waals surface area contributed by atoms with Gasteiger partial charge in [0.05, 0.1) is 13.2 Å². The van der Waals surface area contributed by atoms with Gasteiger partial charge in [-0.15, -0.1) is 0 Å². The Hall–Kier alpha value is -2.63. The molecule has 0 unspecified atom stereocenters. The van der Waals surface area contributed by atoms with Gasteiger partial charge in [-0.25, -0.2) is 4.79 Å². The molecule has 0 N–H and O–H groups in total. The fourth-order valence-corrected chi connectivity index (χ4v) is 2.86. The minimum absolute atomic E-state index is 0.238. The van der Waals surface area contributed by atoms with Gasteiger partial charge in [0.1, 0.15) is 0 Å². The lowest BCUT2D eigenvalue weighted by molar-refractivity contribution is -0.159. The molecule has 140 valence electrons. The van der Waals surface area contributed by atoms with E-state index in [1.54, 1.807) is 47.4 Å². The van der Waals surface area contributed by atoms with E-state index in [9.17, 15) is 9.59 Å². The van der Waals surface area contributed by atoms with Crippen LogP contribution >= 0.6 is 11.6 Å². The molecule has 0 radical (unpaired) electrons. The van der Waals surface area contributed by atoms with Crippen LogP contribution in [0.3, 0.4) is 0 Å². The molecule has 1 amide bonds. The van der Waals surface area contributed by atoms with E-state index in [0.717, 1.165) is 5.56 Å². The van der Waals surface area contributed by atoms with Crippen molar-refractivity contribution in [3.63, 3.8) is 0 Å². The van der Waals surface area contributed by atoms with E-state index in [4.69, 9.17) is 21.1 Å². The lowest BCUT2D eigenvalue weighted by Crippen LogP contribution is -2.44. The predicted molar refractivity (Wildman–Crippen MR) is 103 cm³/mol. The molecule has 0 aliphatic carbocycles. The third kappa shape index (κ3) is 5.42. The van der Waals surface area contributed by atoms with Crippen LogP contribution in [0.2, 0.25) is 5.02 Å². The van der Waals surface area contributed by atoms with Crippen molar-refractivity contribution in [2.45, 2.75) is 6.10 Å². The molecule has 27 heavy (non-hydrogen) atoms. The Balaban J connectivity index is 1.73. The first-order valence-corrected chi connectivity index (χ1v) is 9.07. The molecule has 3 rings (SSSR count). The van der Waals surface area contributed by atoms with Crippen LogP contribution in [0.25, 0.3) is 6.08 Å². The highest BCUT2D eigenvalue weighted by atomic mass is 35.5. The van der Waals surface area contributed by atoms with Gasteiger partial charge >= 0.3 is 5.97 Å². The van der Waals surface area contributed by atoms with E-state index in [1.165, 1.54) is 6.08 Å². The zero-order valence-corrected chi connectivity index (χ0v) is 15.5. The third-order valence-electron chi connectivity index (χ3n) is 4.17. The Bertz CT molecular complexity index is 799. The molecule has 1 fully saturated rings. The molecule has 1 atom stereocenters. The number of hydrogen-bond acceptors (Lipinski definition) is 4. The second kappa shape index (κ2) is 9.35. The summed E-state index contributed by atoms with van der Waals surface area (Å²) in [6.07, 6.45) is 1.96. The normalized spacial score (nSPS) is 15.5. The summed E-state index contributed by atoms with van der Waals surface area (Å²) in [7, 11) is 0. The number of ether oxygens (including phenoxy) is 2. The van der Waals surface area contributed by atoms with Gasteiger partial charge in [0.2, 0.25) is 6.10 Å². The maximum atomic E-state index is 12.9. The molecule has 2 aromatic carbocycles. The number of rotatable bonds is 5. The summed E-state index contributed by atoms with van der Waals surface area (Å²) in [6.45, 7) is 1.94. The molecular formula is C21H20ClNO4. The van der Waals surface area contributed by atoms with Crippen LogP contribution < -0.4 is 0 Å². The van der Waals surface area contributed by atoms with Gasteiger partial charge in [0, 0.05) is 29.8 Å². The van der Waals surface area contributed by atoms with Crippen molar-refractivity contribution in [3.8, 4) is 0 Å². The number of morpholine rings is 1. The number of benzene rings is 2. The number of hydrogen-bond donors (Lipinski definition) is 0. The quantitative estimate of drug-likeness (QED) is 0.584. The fourth-order valence-electron chi connectivity index (χ4n) is 2.73. The lowest BCUT2D eigenvalue weighted by atomic mass is 10.1. The van der Waals surface area contributed by atoms with Crippen LogP contribution in [0, 0.1) is 0 Å². The van der Waals surface area contributed by atoms with Gasteiger partial charge in [-0.3, -0.25) is 4.79 Å². The third-order valence-corrected chi connectivity index (χ3v) is 4.42. The Morgan fingerprint density at radius 3 is 2.37 bits per heavy atom. The van der Waals surface area contributed by atoms with Crippen molar-refractivity contribution < 1.29 is 19.1 Å². The molecular weight excluding hydrogens is 366 g/mol. The molecule has 0 spiro atoms. The lowest BCUT2D eigenvalue weighted by Gasteiger charge is -2.30. The topological polar surface area (TPSA) is 55.8 Å². The van der Waals surface area contributed by atoms with Gasteiger partial charge in [0.25, 0.3) is 5.91 Å². The number of nitrogens with zero attached hydrogens (tertiary/aromatic N) is 1. The van der Waals surface area contributed by atoms with E-state index in [0.29, 0.717) is 36.9 Å². The summed E-state index contributed by atoms with van der Waals surface area (Å²) in [5, 5.41) is 0.620. The minimum atomic E-state index is -0.980. The van der Waals surface area contributed by atoms with Gasteiger partial charge in [-0.2, -0.15) is 0 Å². The average Bonchev–Trinajstić information content (AvgIpc) is 2.72. The van der Waals surface area contributed by atoms with Crippen molar-refractivity contribution >= 4 is 29.6 Å². The van der Waals surface area contributed by atoms with Crippen LogP contribution in [-0.4, -0.2) is 43.1 Å². The highest BCUT2D eigenvalue weighted by Gasteiger charge is 2.29. The molecule has 5 nitrogen and oxygen atoms in total. The summed E-state index contributed by atoms with van der Waals surface area (Å²) in [5.74, 6) is -0.821. The minimum Gasteiger partial charge on any atom is -0.444 e. The maximum Gasteiger partial charge on any atom is 0.331 e. The Morgan fingerprint density at radius 1 is 1.04 bits per heavy atom. The largest absolute Gasteiger partial charge is 0.444 e. The zero-order chi connectivity index (χ0) is 19.1. The van der Waals surface area contributed by atoms with Crippen LogP contribution in [0.5, 0.6) is 0 Å². The first-order chi connectivity index (χ1) is 13.1. The average molecular weight is 386 g/mol. The highest BCUT2D eigenvalue weighted by Crippen LogP contribution is 2.21. The van der Waals surface area contributed by atoms with Crippen LogP contribution in [0.1, 0.15) is 17.2 Å². The van der Waals surface area contributed by atoms with Crippen molar-refractivity contribution in [3.05, 3.63) is 76.8 Å². The number of amides is 1. The first-order valence-electron chi connectivity index (χ1n) is 8.69. The number of carbonyl (C=O) groups excluding carboxylic acids is 2. The number of esters is 1. The van der Waals surface area contributed by atoms with E-state index in [-0.39, 0.29) is 5.91 Å². The fraction of sp³-hybridized carbons (Fsp3) is 0.238. The van der Waals surface area contributed by atoms with Gasteiger partial charge in [-0.1, -0.05) is 54.1 Å². The van der Waals surface area contributed by atoms with E-state index < -0.39 is 12.1 Å². The van der Waals surface area contributed by atoms with Gasteiger partial charge < -0.3 is 14.4 Å². The Labute approximate surface area is 163 Å². The van der Waals surface area contributed by atoms with Crippen molar-refractivity contribution in [2.24, 2.45) is 0 Å². The number of halogens is 1. The standard InChI is InChI=1S/C21H20ClNO4/c22-18-9-6-16(7-10-18)8-11-19(24)27-20(17-4-2-1-3-5-17)21(25)23-12-14-26-15-13-23/h1-11,20H,12-15H2/b11-8+/t20-/m1/s1. The van der Waals surface area contributed by atoms with Gasteiger partial charge in [-0.05, 0) is 23.8 Å². The van der Waals surface area contributed by atoms with Crippen LogP contribution in [-0.2, 0) is 19.1 Å².